The lowest BCUT2D eigenvalue weighted by molar-refractivity contribution is 0.341. The highest BCUT2D eigenvalue weighted by atomic mass is 32.2. The van der Waals surface area contributed by atoms with Crippen LogP contribution in [0, 0.1) is 5.92 Å². The van der Waals surface area contributed by atoms with Crippen molar-refractivity contribution in [1.82, 2.24) is 14.3 Å². The Hall–Kier alpha value is -2.88. The molecule has 0 aliphatic carbocycles. The second-order valence-electron chi connectivity index (χ2n) is 7.45. The number of nitrogens with zero attached hydrogens (tertiary/aromatic N) is 5. The number of methoxy groups -OCH3 is 2. The minimum Gasteiger partial charge on any atom is -0.493 e. The Kier molecular flexibility index (Phi) is 5.50. The smallest absolute Gasteiger partial charge is 0.344 e. The highest BCUT2D eigenvalue weighted by Crippen LogP contribution is 2.35. The predicted molar refractivity (Wildman–Crippen MR) is 115 cm³/mol. The van der Waals surface area contributed by atoms with Gasteiger partial charge in [-0.25, -0.2) is 9.97 Å². The van der Waals surface area contributed by atoms with Crippen LogP contribution >= 0.6 is 0 Å². The van der Waals surface area contributed by atoms with Crippen molar-refractivity contribution in [1.29, 1.82) is 0 Å². The van der Waals surface area contributed by atoms with Gasteiger partial charge in [-0.15, -0.1) is 0 Å². The molecule has 1 aromatic heterocycles. The maximum atomic E-state index is 12.2. The minimum atomic E-state index is -3.61. The molecular weight excluding hydrogens is 406 g/mol. The Bertz CT molecular complexity index is 1110. The molecule has 0 spiro atoms. The van der Waals surface area contributed by atoms with Crippen LogP contribution in [-0.2, 0) is 10.2 Å². The Morgan fingerprint density at radius 1 is 1.10 bits per heavy atom. The van der Waals surface area contributed by atoms with Gasteiger partial charge in [-0.1, -0.05) is 0 Å². The molecule has 1 aromatic carbocycles. The zero-order chi connectivity index (χ0) is 21.3. The second kappa shape index (κ2) is 8.10. The molecule has 9 nitrogen and oxygen atoms in total. The van der Waals surface area contributed by atoms with E-state index in [0.717, 1.165) is 42.7 Å². The summed E-state index contributed by atoms with van der Waals surface area (Å²) in [5.41, 5.74) is 1.29. The van der Waals surface area contributed by atoms with E-state index in [1.807, 2.05) is 12.1 Å². The Labute approximate surface area is 176 Å². The van der Waals surface area contributed by atoms with Crippen molar-refractivity contribution >= 4 is 32.6 Å². The van der Waals surface area contributed by atoms with E-state index in [1.165, 1.54) is 4.31 Å². The van der Waals surface area contributed by atoms with E-state index in [0.29, 0.717) is 23.8 Å². The molecule has 2 aliphatic rings. The van der Waals surface area contributed by atoms with Gasteiger partial charge in [-0.2, -0.15) is 12.8 Å². The first-order chi connectivity index (χ1) is 14.4. The number of piperidine rings is 1. The van der Waals surface area contributed by atoms with Crippen LogP contribution in [0.1, 0.15) is 19.8 Å². The number of aromatic nitrogens is 2. The van der Waals surface area contributed by atoms with Crippen LogP contribution in [0.15, 0.2) is 35.1 Å². The summed E-state index contributed by atoms with van der Waals surface area (Å²) in [5.74, 6) is 2.37. The fourth-order valence-corrected chi connectivity index (χ4v) is 5.03. The molecule has 1 fully saturated rings. The molecule has 2 aliphatic heterocycles. The normalized spacial score (nSPS) is 19.1. The highest BCUT2D eigenvalue weighted by Gasteiger charge is 2.28. The average Bonchev–Trinajstić information content (AvgIpc) is 2.74. The molecular formula is C20H25N5O4S. The number of allylic oxidation sites excluding steroid dienone is 1. The minimum absolute atomic E-state index is 0.261. The number of anilines is 1. The summed E-state index contributed by atoms with van der Waals surface area (Å²) in [4.78, 5) is 11.1. The maximum Gasteiger partial charge on any atom is 0.344 e. The second-order valence-corrected chi connectivity index (χ2v) is 9.00. The van der Waals surface area contributed by atoms with Crippen molar-refractivity contribution in [2.75, 3.05) is 38.8 Å². The van der Waals surface area contributed by atoms with Gasteiger partial charge in [0.1, 0.15) is 12.1 Å². The molecule has 0 radical (unpaired) electrons. The molecule has 160 valence electrons. The Morgan fingerprint density at radius 2 is 1.80 bits per heavy atom. The van der Waals surface area contributed by atoms with Crippen molar-refractivity contribution in [3.8, 4) is 11.5 Å². The summed E-state index contributed by atoms with van der Waals surface area (Å²) in [5, 5.41) is 0.903. The molecule has 0 N–H and O–H groups in total. The van der Waals surface area contributed by atoms with Crippen molar-refractivity contribution in [3.63, 3.8) is 0 Å². The zero-order valence-electron chi connectivity index (χ0n) is 17.3. The summed E-state index contributed by atoms with van der Waals surface area (Å²) >= 11 is 0. The van der Waals surface area contributed by atoms with Gasteiger partial charge < -0.3 is 14.4 Å². The summed E-state index contributed by atoms with van der Waals surface area (Å²) in [6.45, 7) is 3.69. The Morgan fingerprint density at radius 3 is 2.47 bits per heavy atom. The van der Waals surface area contributed by atoms with Crippen molar-refractivity contribution in [3.05, 3.63) is 30.7 Å². The zero-order valence-corrected chi connectivity index (χ0v) is 18.1. The average molecular weight is 432 g/mol. The standard InChI is InChI=1S/C20H25N5O4S/c1-14-4-9-25(30(26,27)23-14)12-15-5-7-24(8-6-15)20-16-10-18(28-2)19(29-3)11-17(16)21-13-22-20/h4,9-11,13,15H,5-8,12H2,1-3H3. The molecule has 4 rings (SSSR count). The molecule has 0 atom stereocenters. The quantitative estimate of drug-likeness (QED) is 0.717. The number of benzene rings is 1. The van der Waals surface area contributed by atoms with Crippen LogP contribution < -0.4 is 14.4 Å². The molecule has 0 unspecified atom stereocenters. The van der Waals surface area contributed by atoms with E-state index in [4.69, 9.17) is 9.47 Å². The SMILES string of the molecule is COc1cc2ncnc(N3CCC(CN4C=CC(C)=NS4(=O)=O)CC3)c2cc1OC. The van der Waals surface area contributed by atoms with E-state index in [9.17, 15) is 8.42 Å². The van der Waals surface area contributed by atoms with E-state index in [-0.39, 0.29) is 5.92 Å². The first-order valence-electron chi connectivity index (χ1n) is 9.79. The number of fused-ring (bicyclic) bond motifs is 1. The lowest BCUT2D eigenvalue weighted by atomic mass is 9.96. The number of hydrogen-bond donors (Lipinski definition) is 0. The molecule has 10 heteroatoms. The van der Waals surface area contributed by atoms with E-state index < -0.39 is 10.2 Å². The van der Waals surface area contributed by atoms with Gasteiger partial charge in [0.15, 0.2) is 11.5 Å². The lowest BCUT2D eigenvalue weighted by Crippen LogP contribution is -2.39. The molecule has 1 saturated heterocycles. The van der Waals surface area contributed by atoms with Crippen molar-refractivity contribution in [2.24, 2.45) is 10.3 Å². The van der Waals surface area contributed by atoms with Crippen LogP contribution in [0.2, 0.25) is 0 Å². The van der Waals surface area contributed by atoms with Crippen LogP contribution in [-0.4, -0.2) is 62.3 Å². The fourth-order valence-electron chi connectivity index (χ4n) is 3.89. The summed E-state index contributed by atoms with van der Waals surface area (Å²) in [6, 6.07) is 3.75. The third-order valence-electron chi connectivity index (χ3n) is 5.51. The summed E-state index contributed by atoms with van der Waals surface area (Å²) in [6.07, 6.45) is 6.62. The van der Waals surface area contributed by atoms with Crippen LogP contribution in [0.25, 0.3) is 10.9 Å². The first-order valence-corrected chi connectivity index (χ1v) is 11.2. The van der Waals surface area contributed by atoms with Gasteiger partial charge in [0, 0.05) is 37.3 Å². The van der Waals surface area contributed by atoms with Gasteiger partial charge in [0.2, 0.25) is 0 Å². The van der Waals surface area contributed by atoms with E-state index >= 15 is 0 Å². The fraction of sp³-hybridized carbons (Fsp3) is 0.450. The molecule has 30 heavy (non-hydrogen) atoms. The first kappa shape index (κ1) is 20.4. The van der Waals surface area contributed by atoms with Crippen molar-refractivity contribution < 1.29 is 17.9 Å². The van der Waals surface area contributed by atoms with E-state index in [1.54, 1.807) is 39.7 Å². The molecule has 3 heterocycles. The molecule has 0 amide bonds. The molecule has 0 bridgehead atoms. The monoisotopic (exact) mass is 431 g/mol. The van der Waals surface area contributed by atoms with Crippen molar-refractivity contribution in [2.45, 2.75) is 19.8 Å². The van der Waals surface area contributed by atoms with Gasteiger partial charge in [-0.3, -0.25) is 4.31 Å². The topological polar surface area (TPSA) is 97.2 Å². The maximum absolute atomic E-state index is 12.2. The highest BCUT2D eigenvalue weighted by molar-refractivity contribution is 7.88. The van der Waals surface area contributed by atoms with Crippen LogP contribution in [0.5, 0.6) is 11.5 Å². The third-order valence-corrected chi connectivity index (χ3v) is 6.89. The van der Waals surface area contributed by atoms with Gasteiger partial charge in [-0.05, 0) is 37.8 Å². The van der Waals surface area contributed by atoms with Gasteiger partial charge >= 0.3 is 10.2 Å². The Balaban J connectivity index is 1.49. The molecule has 0 saturated carbocycles. The van der Waals surface area contributed by atoms with Crippen LogP contribution in [0.3, 0.4) is 0 Å². The molecule has 2 aromatic rings. The van der Waals surface area contributed by atoms with Gasteiger partial charge in [0.25, 0.3) is 0 Å². The predicted octanol–water partition coefficient (Wildman–Crippen LogP) is 2.40. The number of hydrogen-bond acceptors (Lipinski definition) is 7. The van der Waals surface area contributed by atoms with Crippen LogP contribution in [0.4, 0.5) is 5.82 Å². The number of ether oxygens (including phenoxy) is 2. The lowest BCUT2D eigenvalue weighted by Gasteiger charge is -2.35. The summed E-state index contributed by atoms with van der Waals surface area (Å²) < 4.78 is 40.4. The number of rotatable bonds is 5. The van der Waals surface area contributed by atoms with E-state index in [2.05, 4.69) is 19.3 Å². The van der Waals surface area contributed by atoms with Gasteiger partial charge in [0.05, 0.1) is 25.4 Å². The summed E-state index contributed by atoms with van der Waals surface area (Å²) in [7, 11) is -0.404. The third kappa shape index (κ3) is 3.91. The largest absolute Gasteiger partial charge is 0.493 e.